The van der Waals surface area contributed by atoms with Crippen LogP contribution in [-0.2, 0) is 17.8 Å². The van der Waals surface area contributed by atoms with Gasteiger partial charge < -0.3 is 0 Å². The van der Waals surface area contributed by atoms with Crippen LogP contribution in [0.4, 0.5) is 0 Å². The first-order valence-corrected chi connectivity index (χ1v) is 11.4. The van der Waals surface area contributed by atoms with Gasteiger partial charge in [-0.2, -0.15) is 5.26 Å². The number of hydrogen-bond donors (Lipinski definition) is 2. The van der Waals surface area contributed by atoms with E-state index in [9.17, 15) is 9.47 Å². The fraction of sp³-hybridized carbons (Fsp3) is 0.120. The number of nitriles is 1. The van der Waals surface area contributed by atoms with E-state index < -0.39 is 11.3 Å². The molecule has 3 heterocycles. The highest BCUT2D eigenvalue weighted by atomic mass is 32.2. The van der Waals surface area contributed by atoms with Crippen LogP contribution in [0.3, 0.4) is 0 Å². The van der Waals surface area contributed by atoms with Crippen molar-refractivity contribution >= 4 is 11.3 Å². The lowest BCUT2D eigenvalue weighted by Gasteiger charge is -2.28. The minimum absolute atomic E-state index is 0.145. The summed E-state index contributed by atoms with van der Waals surface area (Å²) in [5.74, 6) is -0.435. The van der Waals surface area contributed by atoms with E-state index in [0.29, 0.717) is 11.3 Å². The average molecular weight is 456 g/mol. The van der Waals surface area contributed by atoms with Crippen molar-refractivity contribution in [3.05, 3.63) is 125 Å². The van der Waals surface area contributed by atoms with Crippen LogP contribution < -0.4 is 4.72 Å². The lowest BCUT2D eigenvalue weighted by molar-refractivity contribution is 0.547. The van der Waals surface area contributed by atoms with Crippen molar-refractivity contribution in [1.29, 1.82) is 5.26 Å². The average Bonchev–Trinajstić information content (AvgIpc) is 2.87. The third kappa shape index (κ3) is 5.54. The smallest absolute Gasteiger partial charge is 0.232 e. The minimum atomic E-state index is -2.13. The van der Waals surface area contributed by atoms with Gasteiger partial charge in [0.05, 0.1) is 23.9 Å². The first-order valence-electron chi connectivity index (χ1n) is 10.3. The van der Waals surface area contributed by atoms with E-state index >= 15 is 0 Å². The minimum Gasteiger partial charge on any atom is -0.294 e. The molecule has 1 aromatic carbocycles. The number of aromatic nitrogens is 3. The van der Waals surface area contributed by atoms with E-state index in [1.807, 2.05) is 67.0 Å². The maximum absolute atomic E-state index is 11.1. The molecule has 33 heavy (non-hydrogen) atoms. The van der Waals surface area contributed by atoms with Crippen LogP contribution in [-0.4, -0.2) is 23.7 Å². The zero-order valence-electron chi connectivity index (χ0n) is 17.6. The molecule has 2 unspecified atom stereocenters. The second kappa shape index (κ2) is 10.7. The molecule has 8 heteroatoms. The molecule has 0 aliphatic rings. The summed E-state index contributed by atoms with van der Waals surface area (Å²) in [5, 5.41) is 9.51. The fourth-order valence-electron chi connectivity index (χ4n) is 3.94. The maximum Gasteiger partial charge on any atom is 0.232 e. The second-order valence-electron chi connectivity index (χ2n) is 7.39. The lowest BCUT2D eigenvalue weighted by Crippen LogP contribution is -2.19. The second-order valence-corrected chi connectivity index (χ2v) is 8.18. The van der Waals surface area contributed by atoms with Crippen molar-refractivity contribution in [3.8, 4) is 6.07 Å². The van der Waals surface area contributed by atoms with Crippen LogP contribution in [0.15, 0.2) is 91.5 Å². The summed E-state index contributed by atoms with van der Waals surface area (Å²) < 4.78 is 22.7. The molecule has 0 saturated carbocycles. The van der Waals surface area contributed by atoms with Crippen LogP contribution in [0.25, 0.3) is 0 Å². The molecule has 0 fully saturated rings. The Balaban J connectivity index is 1.90. The van der Waals surface area contributed by atoms with Crippen LogP contribution in [0, 0.1) is 11.3 Å². The number of benzene rings is 1. The van der Waals surface area contributed by atoms with Crippen molar-refractivity contribution in [2.75, 3.05) is 0 Å². The first kappa shape index (κ1) is 22.4. The first-order chi connectivity index (χ1) is 16.2. The Bertz CT molecular complexity index is 1240. The van der Waals surface area contributed by atoms with E-state index in [2.05, 4.69) is 20.8 Å². The van der Waals surface area contributed by atoms with Gasteiger partial charge in [-0.25, -0.2) is 8.93 Å². The van der Waals surface area contributed by atoms with Crippen molar-refractivity contribution in [2.45, 2.75) is 18.4 Å². The molecule has 4 rings (SSSR count). The standard InChI is InChI=1S/C25H21N5O2S/c26-14-18-5-1-6-19(13-18)25(23-10-2-9-22(30-23)17-29-33(31)32)24(20-7-3-11-27-15-20)21-8-4-12-28-16-21/h1-13,15-16,24-25,29H,17H2,(H,31,32). The highest BCUT2D eigenvalue weighted by Gasteiger charge is 2.30. The Hall–Kier alpha value is -3.77. The van der Waals surface area contributed by atoms with E-state index in [1.54, 1.807) is 24.5 Å². The Kier molecular flexibility index (Phi) is 7.27. The summed E-state index contributed by atoms with van der Waals surface area (Å²) in [4.78, 5) is 13.5. The molecule has 0 spiro atoms. The predicted molar refractivity (Wildman–Crippen MR) is 125 cm³/mol. The Morgan fingerprint density at radius 2 is 1.58 bits per heavy atom. The largest absolute Gasteiger partial charge is 0.294 e. The van der Waals surface area contributed by atoms with Crippen LogP contribution in [0.5, 0.6) is 0 Å². The van der Waals surface area contributed by atoms with E-state index in [4.69, 9.17) is 9.54 Å². The summed E-state index contributed by atoms with van der Waals surface area (Å²) in [6.45, 7) is 0.145. The van der Waals surface area contributed by atoms with Gasteiger partial charge in [0.1, 0.15) is 0 Å². The Morgan fingerprint density at radius 3 is 2.18 bits per heavy atom. The van der Waals surface area contributed by atoms with Crippen molar-refractivity contribution in [1.82, 2.24) is 19.7 Å². The summed E-state index contributed by atoms with van der Waals surface area (Å²) in [5.41, 5.74) is 4.86. The summed E-state index contributed by atoms with van der Waals surface area (Å²) >= 11 is -2.13. The number of nitrogens with one attached hydrogen (secondary N) is 1. The number of pyridine rings is 3. The molecular weight excluding hydrogens is 434 g/mol. The van der Waals surface area contributed by atoms with Gasteiger partial charge in [-0.1, -0.05) is 30.3 Å². The molecule has 3 aromatic heterocycles. The lowest BCUT2D eigenvalue weighted by atomic mass is 9.76. The highest BCUT2D eigenvalue weighted by molar-refractivity contribution is 7.77. The molecule has 0 aliphatic heterocycles. The van der Waals surface area contributed by atoms with Gasteiger partial charge in [0, 0.05) is 42.3 Å². The third-order valence-electron chi connectivity index (χ3n) is 5.32. The monoisotopic (exact) mass is 455 g/mol. The van der Waals surface area contributed by atoms with Gasteiger partial charge in [0.15, 0.2) is 0 Å². The molecule has 0 aliphatic carbocycles. The Morgan fingerprint density at radius 1 is 0.909 bits per heavy atom. The fourth-order valence-corrected chi connectivity index (χ4v) is 4.21. The van der Waals surface area contributed by atoms with E-state index in [0.717, 1.165) is 22.4 Å². The number of hydrogen-bond acceptors (Lipinski definition) is 5. The van der Waals surface area contributed by atoms with Gasteiger partial charge in [-0.3, -0.25) is 19.5 Å². The molecule has 164 valence electrons. The van der Waals surface area contributed by atoms with Gasteiger partial charge in [0.25, 0.3) is 0 Å². The molecule has 0 bridgehead atoms. The van der Waals surface area contributed by atoms with Crippen molar-refractivity contribution in [3.63, 3.8) is 0 Å². The quantitative estimate of drug-likeness (QED) is 0.389. The van der Waals surface area contributed by atoms with Gasteiger partial charge in [-0.15, -0.1) is 0 Å². The summed E-state index contributed by atoms with van der Waals surface area (Å²) in [7, 11) is 0. The maximum atomic E-state index is 11.1. The van der Waals surface area contributed by atoms with Crippen molar-refractivity contribution in [2.24, 2.45) is 0 Å². The SMILES string of the molecule is N#Cc1cccc(C(c2cccc(CNS(=O)O)n2)C(c2cccnc2)c2cccnc2)c1. The predicted octanol–water partition coefficient (Wildman–Crippen LogP) is 3.93. The summed E-state index contributed by atoms with van der Waals surface area (Å²) in [6, 6.07) is 23.2. The molecule has 0 amide bonds. The van der Waals surface area contributed by atoms with E-state index in [-0.39, 0.29) is 18.4 Å². The Labute approximate surface area is 194 Å². The molecule has 7 nitrogen and oxygen atoms in total. The van der Waals surface area contributed by atoms with Crippen molar-refractivity contribution < 1.29 is 8.76 Å². The van der Waals surface area contributed by atoms with Crippen LogP contribution in [0.1, 0.15) is 45.5 Å². The number of rotatable bonds is 8. The molecule has 0 radical (unpaired) electrons. The third-order valence-corrected chi connectivity index (χ3v) is 5.71. The van der Waals surface area contributed by atoms with Crippen LogP contribution >= 0.6 is 0 Å². The van der Waals surface area contributed by atoms with Crippen LogP contribution in [0.2, 0.25) is 0 Å². The van der Waals surface area contributed by atoms with E-state index in [1.165, 1.54) is 0 Å². The van der Waals surface area contributed by atoms with Gasteiger partial charge in [-0.05, 0) is 53.1 Å². The molecular formula is C25H21N5O2S. The zero-order chi connectivity index (χ0) is 23.0. The molecule has 0 saturated heterocycles. The number of nitrogens with zero attached hydrogens (tertiary/aromatic N) is 4. The molecule has 2 atom stereocenters. The normalized spacial score (nSPS) is 12.8. The topological polar surface area (TPSA) is 112 Å². The molecule has 2 N–H and O–H groups in total. The van der Waals surface area contributed by atoms with Gasteiger partial charge >= 0.3 is 0 Å². The zero-order valence-corrected chi connectivity index (χ0v) is 18.4. The molecule has 4 aromatic rings. The summed E-state index contributed by atoms with van der Waals surface area (Å²) in [6.07, 6.45) is 7.13. The highest BCUT2D eigenvalue weighted by Crippen LogP contribution is 2.42. The van der Waals surface area contributed by atoms with Gasteiger partial charge in [0.2, 0.25) is 11.3 Å².